The molecular weight excluding hydrogens is 536 g/mol. The molecule has 2 aliphatic rings. The first kappa shape index (κ1) is 30.6. The van der Waals surface area contributed by atoms with Gasteiger partial charge in [0, 0.05) is 13.1 Å². The number of benzene rings is 2. The summed E-state index contributed by atoms with van der Waals surface area (Å²) in [5.74, 6) is -2.51. The Labute approximate surface area is 245 Å². The molecule has 10 heteroatoms. The Morgan fingerprint density at radius 2 is 0.857 bits per heavy atom. The highest BCUT2D eigenvalue weighted by Crippen LogP contribution is 2.28. The summed E-state index contributed by atoms with van der Waals surface area (Å²) in [6.07, 6.45) is 1.74. The first-order valence-electron chi connectivity index (χ1n) is 14.5. The van der Waals surface area contributed by atoms with Gasteiger partial charge in [-0.25, -0.2) is 0 Å². The lowest BCUT2D eigenvalue weighted by atomic mass is 10.0. The molecule has 0 aliphatic carbocycles. The van der Waals surface area contributed by atoms with E-state index in [4.69, 9.17) is 0 Å². The van der Waals surface area contributed by atoms with Crippen LogP contribution in [0.4, 0.5) is 0 Å². The zero-order valence-electron chi connectivity index (χ0n) is 24.5. The topological polar surface area (TPSA) is 133 Å². The van der Waals surface area contributed by atoms with Gasteiger partial charge in [0.2, 0.25) is 11.8 Å². The number of fused-ring (bicyclic) bond motifs is 2. The highest BCUT2D eigenvalue weighted by atomic mass is 16.2. The van der Waals surface area contributed by atoms with Gasteiger partial charge < -0.3 is 10.6 Å². The second-order valence-electron chi connectivity index (χ2n) is 11.6. The van der Waals surface area contributed by atoms with Gasteiger partial charge in [-0.2, -0.15) is 0 Å². The van der Waals surface area contributed by atoms with Crippen LogP contribution in [0, 0.1) is 11.8 Å². The first-order chi connectivity index (χ1) is 20.0. The number of nitrogens with zero attached hydrogens (tertiary/aromatic N) is 2. The van der Waals surface area contributed by atoms with Gasteiger partial charge in [-0.3, -0.25) is 38.6 Å². The van der Waals surface area contributed by atoms with Crippen molar-refractivity contribution in [3.05, 3.63) is 70.8 Å². The number of unbranched alkanes of at least 4 members (excludes halogenated alkanes) is 1. The van der Waals surface area contributed by atoms with Crippen molar-refractivity contribution in [1.82, 2.24) is 20.4 Å². The summed E-state index contributed by atoms with van der Waals surface area (Å²) in [5, 5.41) is 5.68. The summed E-state index contributed by atoms with van der Waals surface area (Å²) < 4.78 is 0. The van der Waals surface area contributed by atoms with Crippen LogP contribution >= 0.6 is 0 Å². The molecule has 42 heavy (non-hydrogen) atoms. The largest absolute Gasteiger partial charge is 0.354 e. The number of hydrogen-bond acceptors (Lipinski definition) is 6. The van der Waals surface area contributed by atoms with Gasteiger partial charge in [0.05, 0.1) is 22.3 Å². The molecule has 0 saturated carbocycles. The van der Waals surface area contributed by atoms with E-state index < -0.39 is 47.5 Å². The number of amides is 6. The second kappa shape index (κ2) is 13.1. The summed E-state index contributed by atoms with van der Waals surface area (Å²) in [7, 11) is 0. The third-order valence-corrected chi connectivity index (χ3v) is 7.47. The maximum absolute atomic E-state index is 13.1. The molecule has 10 nitrogen and oxygen atoms in total. The minimum atomic E-state index is -0.923. The van der Waals surface area contributed by atoms with Crippen LogP contribution in [0.3, 0.4) is 0 Å². The average molecular weight is 575 g/mol. The lowest BCUT2D eigenvalue weighted by molar-refractivity contribution is -0.126. The number of nitrogens with one attached hydrogen (secondary N) is 2. The number of rotatable bonds is 13. The lowest BCUT2D eigenvalue weighted by Crippen LogP contribution is -2.50. The molecule has 2 atom stereocenters. The monoisotopic (exact) mass is 574 g/mol. The molecule has 2 aliphatic heterocycles. The Morgan fingerprint density at radius 3 is 1.12 bits per heavy atom. The molecule has 0 bridgehead atoms. The van der Waals surface area contributed by atoms with Crippen LogP contribution in [0.1, 0.15) is 94.8 Å². The molecule has 6 amide bonds. The fraction of sp³-hybridized carbons (Fsp3) is 0.438. The van der Waals surface area contributed by atoms with E-state index in [2.05, 4.69) is 10.6 Å². The van der Waals surface area contributed by atoms with Crippen molar-refractivity contribution in [2.24, 2.45) is 11.8 Å². The van der Waals surface area contributed by atoms with Crippen molar-refractivity contribution < 1.29 is 28.8 Å². The van der Waals surface area contributed by atoms with E-state index in [9.17, 15) is 28.8 Å². The van der Waals surface area contributed by atoms with Crippen molar-refractivity contribution >= 4 is 35.4 Å². The number of carbonyl (C=O) groups excluding carboxylic acids is 6. The Balaban J connectivity index is 1.29. The third-order valence-electron chi connectivity index (χ3n) is 7.47. The van der Waals surface area contributed by atoms with Crippen LogP contribution < -0.4 is 10.6 Å². The molecule has 4 rings (SSSR count). The SMILES string of the molecule is CC(C)C[C@H](C(=O)NCCCCNC(=O)[C@@H](CC(C)C)N1C(=O)c2ccccc2C1=O)N1C(=O)c2ccccc2C1=O. The second-order valence-corrected chi connectivity index (χ2v) is 11.6. The summed E-state index contributed by atoms with van der Waals surface area (Å²) in [6, 6.07) is 11.3. The van der Waals surface area contributed by atoms with E-state index >= 15 is 0 Å². The van der Waals surface area contributed by atoms with E-state index in [0.717, 1.165) is 9.80 Å². The fourth-order valence-corrected chi connectivity index (χ4v) is 5.44. The number of imide groups is 2. The quantitative estimate of drug-likeness (QED) is 0.278. The molecule has 2 N–H and O–H groups in total. The first-order valence-corrected chi connectivity index (χ1v) is 14.5. The fourth-order valence-electron chi connectivity index (χ4n) is 5.44. The zero-order chi connectivity index (χ0) is 30.6. The van der Waals surface area contributed by atoms with Gasteiger partial charge in [-0.1, -0.05) is 52.0 Å². The molecule has 222 valence electrons. The molecule has 2 aromatic rings. The molecule has 0 unspecified atom stereocenters. The Morgan fingerprint density at radius 1 is 0.571 bits per heavy atom. The minimum absolute atomic E-state index is 0.0706. The molecule has 0 fully saturated rings. The van der Waals surface area contributed by atoms with Gasteiger partial charge in [-0.05, 0) is 61.8 Å². The van der Waals surface area contributed by atoms with Crippen LogP contribution in [0.25, 0.3) is 0 Å². The average Bonchev–Trinajstić information content (AvgIpc) is 3.36. The van der Waals surface area contributed by atoms with Crippen molar-refractivity contribution in [1.29, 1.82) is 0 Å². The van der Waals surface area contributed by atoms with Crippen molar-refractivity contribution in [2.75, 3.05) is 13.1 Å². The van der Waals surface area contributed by atoms with Crippen molar-refractivity contribution in [3.8, 4) is 0 Å². The van der Waals surface area contributed by atoms with Gasteiger partial charge in [-0.15, -0.1) is 0 Å². The maximum Gasteiger partial charge on any atom is 0.262 e. The van der Waals surface area contributed by atoms with Crippen LogP contribution in [0.5, 0.6) is 0 Å². The number of carbonyl (C=O) groups is 6. The Kier molecular flexibility index (Phi) is 9.55. The predicted molar refractivity (Wildman–Crippen MR) is 156 cm³/mol. The smallest absolute Gasteiger partial charge is 0.262 e. The van der Waals surface area contributed by atoms with E-state index in [-0.39, 0.29) is 11.8 Å². The van der Waals surface area contributed by atoms with Crippen LogP contribution in [0.2, 0.25) is 0 Å². The van der Waals surface area contributed by atoms with E-state index in [0.29, 0.717) is 61.0 Å². The Bertz CT molecular complexity index is 1230. The molecular formula is C32H38N4O6. The minimum Gasteiger partial charge on any atom is -0.354 e. The zero-order valence-corrected chi connectivity index (χ0v) is 24.5. The highest BCUT2D eigenvalue weighted by Gasteiger charge is 2.44. The van der Waals surface area contributed by atoms with E-state index in [1.165, 1.54) is 0 Å². The summed E-state index contributed by atoms with van der Waals surface area (Å²) in [5.41, 5.74) is 1.21. The maximum atomic E-state index is 13.1. The van der Waals surface area contributed by atoms with Gasteiger partial charge in [0.25, 0.3) is 23.6 Å². The molecule has 0 aromatic heterocycles. The van der Waals surface area contributed by atoms with Crippen molar-refractivity contribution in [3.63, 3.8) is 0 Å². The lowest BCUT2D eigenvalue weighted by Gasteiger charge is -2.27. The standard InChI is InChI=1S/C32H38N4O6/c1-19(2)17-25(35-29(39)21-11-5-6-12-22(21)30(35)40)27(37)33-15-9-10-16-34-28(38)26(18-20(3)4)36-31(41)23-13-7-8-14-24(23)32(36)42/h5-8,11-14,19-20,25-26H,9-10,15-18H2,1-4H3,(H,33,37)(H,34,38)/t25-,26-/m1/s1. The predicted octanol–water partition coefficient (Wildman–Crippen LogP) is 3.42. The highest BCUT2D eigenvalue weighted by molar-refractivity contribution is 6.23. The van der Waals surface area contributed by atoms with E-state index in [1.807, 2.05) is 27.7 Å². The van der Waals surface area contributed by atoms with Gasteiger partial charge in [0.1, 0.15) is 12.1 Å². The van der Waals surface area contributed by atoms with E-state index in [1.54, 1.807) is 48.5 Å². The molecule has 0 spiro atoms. The molecule has 2 aromatic carbocycles. The molecule has 0 radical (unpaired) electrons. The molecule has 0 saturated heterocycles. The summed E-state index contributed by atoms with van der Waals surface area (Å²) in [6.45, 7) is 8.29. The van der Waals surface area contributed by atoms with Crippen LogP contribution in [-0.4, -0.2) is 70.4 Å². The third kappa shape index (κ3) is 6.27. The number of hydrogen-bond donors (Lipinski definition) is 2. The summed E-state index contributed by atoms with van der Waals surface area (Å²) in [4.78, 5) is 80.3. The van der Waals surface area contributed by atoms with Crippen LogP contribution in [-0.2, 0) is 9.59 Å². The normalized spacial score (nSPS) is 15.8. The van der Waals surface area contributed by atoms with Gasteiger partial charge in [0.15, 0.2) is 0 Å². The summed E-state index contributed by atoms with van der Waals surface area (Å²) >= 11 is 0. The Hall–Kier alpha value is -4.34. The van der Waals surface area contributed by atoms with Gasteiger partial charge >= 0.3 is 0 Å². The molecule has 2 heterocycles. The van der Waals surface area contributed by atoms with Crippen molar-refractivity contribution in [2.45, 2.75) is 65.5 Å². The van der Waals surface area contributed by atoms with Crippen LogP contribution in [0.15, 0.2) is 48.5 Å².